The van der Waals surface area contributed by atoms with E-state index in [9.17, 15) is 4.57 Å². The average Bonchev–Trinajstić information content (AvgIpc) is 2.31. The number of hydrogen-bond acceptors (Lipinski definition) is 5. The van der Waals surface area contributed by atoms with Gasteiger partial charge in [0, 0.05) is 0 Å². The number of aromatic nitrogens is 1. The van der Waals surface area contributed by atoms with Crippen molar-refractivity contribution in [3.8, 4) is 5.88 Å². The minimum atomic E-state index is -3.75. The molecule has 0 aromatic carbocycles. The van der Waals surface area contributed by atoms with Crippen molar-refractivity contribution >= 4 is 42.6 Å². The van der Waals surface area contributed by atoms with Crippen molar-refractivity contribution in [1.29, 1.82) is 0 Å². The standard InChI is InChI=1S/C9H11Cl3NO4P/c1-3-15-18(14,16-4-2)17-9-8(12)7(11)6(10)5-13-9/h5H,3-4H2,1-2H3. The molecule has 0 aliphatic carbocycles. The summed E-state index contributed by atoms with van der Waals surface area (Å²) in [4.78, 5) is 3.79. The summed E-state index contributed by atoms with van der Waals surface area (Å²) in [6.07, 6.45) is 1.23. The second kappa shape index (κ2) is 6.94. The van der Waals surface area contributed by atoms with Gasteiger partial charge in [-0.2, -0.15) is 0 Å². The van der Waals surface area contributed by atoms with Gasteiger partial charge in [0.25, 0.3) is 0 Å². The Morgan fingerprint density at radius 1 is 1.17 bits per heavy atom. The molecule has 0 radical (unpaired) electrons. The Morgan fingerprint density at radius 2 is 1.72 bits per heavy atom. The highest BCUT2D eigenvalue weighted by molar-refractivity contribution is 7.48. The molecule has 0 saturated carbocycles. The number of halogens is 3. The van der Waals surface area contributed by atoms with Crippen molar-refractivity contribution in [3.05, 3.63) is 21.3 Å². The summed E-state index contributed by atoms with van der Waals surface area (Å²) in [5.74, 6) is -0.156. The Bertz CT molecular complexity index is 461. The lowest BCUT2D eigenvalue weighted by atomic mass is 10.5. The zero-order valence-corrected chi connectivity index (χ0v) is 12.8. The van der Waals surface area contributed by atoms with E-state index in [1.54, 1.807) is 13.8 Å². The Balaban J connectivity index is 3.01. The molecule has 1 aromatic rings. The highest BCUT2D eigenvalue weighted by atomic mass is 35.5. The first kappa shape index (κ1) is 16.0. The molecule has 0 saturated heterocycles. The normalized spacial score (nSPS) is 11.6. The molecule has 0 aliphatic heterocycles. The molecular weight excluding hydrogens is 323 g/mol. The lowest BCUT2D eigenvalue weighted by Gasteiger charge is -2.17. The van der Waals surface area contributed by atoms with Gasteiger partial charge >= 0.3 is 7.82 Å². The monoisotopic (exact) mass is 333 g/mol. The summed E-state index contributed by atoms with van der Waals surface area (Å²) in [5.41, 5.74) is 0. The van der Waals surface area contributed by atoms with Crippen LogP contribution in [-0.4, -0.2) is 18.2 Å². The fraction of sp³-hybridized carbons (Fsp3) is 0.444. The van der Waals surface area contributed by atoms with Crippen molar-refractivity contribution in [1.82, 2.24) is 4.98 Å². The molecule has 0 aliphatic rings. The van der Waals surface area contributed by atoms with Crippen LogP contribution in [0, 0.1) is 0 Å². The van der Waals surface area contributed by atoms with E-state index in [2.05, 4.69) is 4.98 Å². The van der Waals surface area contributed by atoms with Crippen LogP contribution in [-0.2, 0) is 13.6 Å². The van der Waals surface area contributed by atoms with Crippen LogP contribution in [0.25, 0.3) is 0 Å². The van der Waals surface area contributed by atoms with Crippen molar-refractivity contribution < 1.29 is 18.1 Å². The van der Waals surface area contributed by atoms with Gasteiger partial charge in [-0.15, -0.1) is 0 Å². The molecule has 1 heterocycles. The first-order chi connectivity index (χ1) is 8.43. The maximum atomic E-state index is 12.1. The molecule has 0 spiro atoms. The summed E-state index contributed by atoms with van der Waals surface area (Å²) in [6.45, 7) is 3.60. The van der Waals surface area contributed by atoms with Crippen LogP contribution in [0.1, 0.15) is 13.8 Å². The molecule has 0 amide bonds. The zero-order chi connectivity index (χ0) is 13.8. The van der Waals surface area contributed by atoms with Crippen LogP contribution < -0.4 is 4.52 Å². The van der Waals surface area contributed by atoms with E-state index >= 15 is 0 Å². The molecule has 0 N–H and O–H groups in total. The summed E-state index contributed by atoms with van der Waals surface area (Å²) in [6, 6.07) is 0. The number of rotatable bonds is 6. The van der Waals surface area contributed by atoms with Crippen LogP contribution >= 0.6 is 42.6 Å². The SMILES string of the molecule is CCOP(=O)(OCC)Oc1ncc(Cl)c(Cl)c1Cl. The Morgan fingerprint density at radius 3 is 2.22 bits per heavy atom. The number of nitrogens with zero attached hydrogens (tertiary/aromatic N) is 1. The maximum absolute atomic E-state index is 12.1. The minimum Gasteiger partial charge on any atom is -0.384 e. The van der Waals surface area contributed by atoms with Crippen LogP contribution in [0.3, 0.4) is 0 Å². The van der Waals surface area contributed by atoms with Crippen molar-refractivity contribution in [2.45, 2.75) is 13.8 Å². The predicted molar refractivity (Wildman–Crippen MR) is 70.8 cm³/mol. The van der Waals surface area contributed by atoms with Crippen LogP contribution in [0.15, 0.2) is 6.20 Å². The molecular formula is C9H11Cl3NO4P. The largest absolute Gasteiger partial charge is 0.531 e. The van der Waals surface area contributed by atoms with Gasteiger partial charge in [-0.1, -0.05) is 34.8 Å². The molecule has 5 nitrogen and oxygen atoms in total. The second-order valence-corrected chi connectivity index (χ2v) is 5.67. The van der Waals surface area contributed by atoms with Crippen LogP contribution in [0.2, 0.25) is 15.1 Å². The van der Waals surface area contributed by atoms with E-state index in [4.69, 9.17) is 48.4 Å². The van der Waals surface area contributed by atoms with Gasteiger partial charge in [0.15, 0.2) is 0 Å². The topological polar surface area (TPSA) is 57.7 Å². The van der Waals surface area contributed by atoms with Crippen LogP contribution in [0.4, 0.5) is 0 Å². The molecule has 1 rings (SSSR count). The molecule has 0 bridgehead atoms. The van der Waals surface area contributed by atoms with Gasteiger partial charge in [0.1, 0.15) is 5.02 Å². The van der Waals surface area contributed by atoms with E-state index in [1.165, 1.54) is 6.20 Å². The number of phosphoric acid groups is 1. The number of pyridine rings is 1. The van der Waals surface area contributed by atoms with Gasteiger partial charge in [-0.25, -0.2) is 9.55 Å². The molecule has 0 unspecified atom stereocenters. The average molecular weight is 335 g/mol. The van der Waals surface area contributed by atoms with E-state index in [0.717, 1.165) is 0 Å². The summed E-state index contributed by atoms with van der Waals surface area (Å²) in [7, 11) is -3.75. The van der Waals surface area contributed by atoms with Gasteiger partial charge in [-0.3, -0.25) is 9.05 Å². The molecule has 1 aromatic heterocycles. The summed E-state index contributed by atoms with van der Waals surface area (Å²) >= 11 is 17.4. The molecule has 102 valence electrons. The highest BCUT2D eigenvalue weighted by Crippen LogP contribution is 2.51. The third-order valence-electron chi connectivity index (χ3n) is 1.66. The summed E-state index contributed by atoms with van der Waals surface area (Å²) in [5, 5.41) is 0.170. The zero-order valence-electron chi connectivity index (χ0n) is 9.65. The van der Waals surface area contributed by atoms with E-state index in [0.29, 0.717) is 0 Å². The van der Waals surface area contributed by atoms with Gasteiger partial charge in [0.2, 0.25) is 5.88 Å². The number of phosphoric ester groups is 1. The number of hydrogen-bond donors (Lipinski definition) is 0. The van der Waals surface area contributed by atoms with Crippen molar-refractivity contribution in [2.75, 3.05) is 13.2 Å². The third-order valence-corrected chi connectivity index (χ3v) is 4.43. The Hall–Kier alpha value is -0.0300. The lowest BCUT2D eigenvalue weighted by molar-refractivity contribution is 0.166. The second-order valence-electron chi connectivity index (χ2n) is 2.91. The molecule has 9 heteroatoms. The first-order valence-corrected chi connectivity index (χ1v) is 7.61. The van der Waals surface area contributed by atoms with Crippen molar-refractivity contribution in [3.63, 3.8) is 0 Å². The van der Waals surface area contributed by atoms with Crippen LogP contribution in [0.5, 0.6) is 5.88 Å². The van der Waals surface area contributed by atoms with Gasteiger partial charge < -0.3 is 4.52 Å². The molecule has 0 fully saturated rings. The van der Waals surface area contributed by atoms with Gasteiger partial charge in [0.05, 0.1) is 29.5 Å². The quantitative estimate of drug-likeness (QED) is 0.711. The van der Waals surface area contributed by atoms with Gasteiger partial charge in [-0.05, 0) is 13.8 Å². The molecule has 0 atom stereocenters. The lowest BCUT2D eigenvalue weighted by Crippen LogP contribution is -2.03. The fourth-order valence-corrected chi connectivity index (χ4v) is 2.73. The summed E-state index contributed by atoms with van der Waals surface area (Å²) < 4.78 is 27.0. The Kier molecular flexibility index (Phi) is 6.18. The highest BCUT2D eigenvalue weighted by Gasteiger charge is 2.29. The van der Waals surface area contributed by atoms with Crippen molar-refractivity contribution in [2.24, 2.45) is 0 Å². The van der Waals surface area contributed by atoms with E-state index in [-0.39, 0.29) is 34.2 Å². The minimum absolute atomic E-state index is 0.0520. The first-order valence-electron chi connectivity index (χ1n) is 5.01. The van der Waals surface area contributed by atoms with E-state index < -0.39 is 7.82 Å². The van der Waals surface area contributed by atoms with E-state index in [1.807, 2.05) is 0 Å². The maximum Gasteiger partial charge on any atom is 0.531 e. The smallest absolute Gasteiger partial charge is 0.384 e. The third kappa shape index (κ3) is 3.98. The Labute approximate surface area is 120 Å². The molecule has 18 heavy (non-hydrogen) atoms. The fourth-order valence-electron chi connectivity index (χ4n) is 1.00. The predicted octanol–water partition coefficient (Wildman–Crippen LogP) is 4.60.